The van der Waals surface area contributed by atoms with Crippen LogP contribution in [0.4, 0.5) is 9.18 Å². The molecular formula is C22H30FN3O3. The zero-order valence-electron chi connectivity index (χ0n) is 17.4. The van der Waals surface area contributed by atoms with Crippen molar-refractivity contribution in [3.8, 4) is 0 Å². The second-order valence-corrected chi connectivity index (χ2v) is 8.58. The second kappa shape index (κ2) is 8.51. The lowest BCUT2D eigenvalue weighted by Gasteiger charge is -2.35. The predicted molar refractivity (Wildman–Crippen MR) is 107 cm³/mol. The standard InChI is InChI=1S/C22H30FN3O3/c1-4-5-10-22(17-6-8-18(23)9-7-17)20(28)26(21(29)24-22)14-19(27)25-12-15(2)11-16(3)13-25/h6-9,15-16H,4-5,10-14H2,1-3H3,(H,24,29)/t15-,16-,22-/m0/s1. The van der Waals surface area contributed by atoms with Gasteiger partial charge in [-0.15, -0.1) is 0 Å². The smallest absolute Gasteiger partial charge is 0.325 e. The number of benzene rings is 1. The largest absolute Gasteiger partial charge is 0.341 e. The fourth-order valence-electron chi connectivity index (χ4n) is 4.56. The van der Waals surface area contributed by atoms with E-state index in [9.17, 15) is 18.8 Å². The molecule has 0 unspecified atom stereocenters. The van der Waals surface area contributed by atoms with Crippen LogP contribution in [0.25, 0.3) is 0 Å². The summed E-state index contributed by atoms with van der Waals surface area (Å²) < 4.78 is 13.4. The molecule has 0 saturated carbocycles. The topological polar surface area (TPSA) is 69.7 Å². The van der Waals surface area contributed by atoms with Crippen molar-refractivity contribution in [2.45, 2.75) is 52.0 Å². The van der Waals surface area contributed by atoms with Crippen LogP contribution < -0.4 is 5.32 Å². The number of likely N-dealkylation sites (tertiary alicyclic amines) is 1. The van der Waals surface area contributed by atoms with Crippen LogP contribution in [0.5, 0.6) is 0 Å². The number of piperidine rings is 1. The SMILES string of the molecule is CCCC[C@@]1(c2ccc(F)cc2)NC(=O)N(CC(=O)N2C[C@@H](C)C[C@H](C)C2)C1=O. The fraction of sp³-hybridized carbons (Fsp3) is 0.591. The lowest BCUT2D eigenvalue weighted by molar-refractivity contribution is -0.140. The first kappa shape index (κ1) is 21.3. The number of hydrogen-bond donors (Lipinski definition) is 1. The summed E-state index contributed by atoms with van der Waals surface area (Å²) >= 11 is 0. The van der Waals surface area contributed by atoms with Crippen molar-refractivity contribution >= 4 is 17.8 Å². The summed E-state index contributed by atoms with van der Waals surface area (Å²) in [5.41, 5.74) is -0.704. The van der Waals surface area contributed by atoms with Crippen molar-refractivity contribution in [1.82, 2.24) is 15.1 Å². The normalized spacial score (nSPS) is 27.3. The molecule has 158 valence electrons. The number of urea groups is 1. The van der Waals surface area contributed by atoms with Crippen LogP contribution in [0.1, 0.15) is 52.0 Å². The van der Waals surface area contributed by atoms with E-state index in [2.05, 4.69) is 19.2 Å². The van der Waals surface area contributed by atoms with E-state index in [1.54, 1.807) is 4.90 Å². The molecular weight excluding hydrogens is 373 g/mol. The molecule has 29 heavy (non-hydrogen) atoms. The van der Waals surface area contributed by atoms with Crippen molar-refractivity contribution in [1.29, 1.82) is 0 Å². The zero-order valence-corrected chi connectivity index (χ0v) is 17.4. The number of imide groups is 1. The quantitative estimate of drug-likeness (QED) is 0.741. The molecule has 2 fully saturated rings. The highest BCUT2D eigenvalue weighted by Crippen LogP contribution is 2.34. The number of carbonyl (C=O) groups is 3. The predicted octanol–water partition coefficient (Wildman–Crippen LogP) is 3.27. The molecule has 3 rings (SSSR count). The van der Waals surface area contributed by atoms with Gasteiger partial charge in [-0.05, 0) is 42.4 Å². The molecule has 0 spiro atoms. The van der Waals surface area contributed by atoms with Crippen molar-refractivity contribution in [2.75, 3.05) is 19.6 Å². The first-order chi connectivity index (χ1) is 13.8. The maximum atomic E-state index is 13.4. The highest BCUT2D eigenvalue weighted by atomic mass is 19.1. The Labute approximate surface area is 171 Å². The molecule has 2 aliphatic rings. The number of rotatable bonds is 6. The lowest BCUT2D eigenvalue weighted by atomic mass is 9.84. The molecule has 1 aromatic rings. The van der Waals surface area contributed by atoms with Crippen molar-refractivity contribution in [2.24, 2.45) is 11.8 Å². The highest BCUT2D eigenvalue weighted by molar-refractivity contribution is 6.09. The van der Waals surface area contributed by atoms with Gasteiger partial charge < -0.3 is 10.2 Å². The van der Waals surface area contributed by atoms with E-state index in [-0.39, 0.29) is 12.5 Å². The summed E-state index contributed by atoms with van der Waals surface area (Å²) in [6.07, 6.45) is 3.03. The molecule has 2 saturated heterocycles. The summed E-state index contributed by atoms with van der Waals surface area (Å²) in [4.78, 5) is 41.7. The number of amides is 4. The first-order valence-corrected chi connectivity index (χ1v) is 10.4. The van der Waals surface area contributed by atoms with Crippen LogP contribution in [-0.2, 0) is 15.1 Å². The van der Waals surface area contributed by atoms with Gasteiger partial charge in [0.15, 0.2) is 0 Å². The van der Waals surface area contributed by atoms with Crippen molar-refractivity contribution in [3.63, 3.8) is 0 Å². The fourth-order valence-corrected chi connectivity index (χ4v) is 4.56. The number of hydrogen-bond acceptors (Lipinski definition) is 3. The molecule has 0 bridgehead atoms. The molecule has 0 aromatic heterocycles. The number of halogens is 1. The molecule has 1 N–H and O–H groups in total. The van der Waals surface area contributed by atoms with E-state index < -0.39 is 23.3 Å². The van der Waals surface area contributed by atoms with E-state index in [4.69, 9.17) is 0 Å². The Balaban J connectivity index is 1.82. The van der Waals surface area contributed by atoms with E-state index in [0.29, 0.717) is 43.3 Å². The Morgan fingerprint density at radius 2 is 1.79 bits per heavy atom. The number of carbonyl (C=O) groups excluding carboxylic acids is 3. The third kappa shape index (κ3) is 4.28. The Kier molecular flexibility index (Phi) is 6.24. The molecule has 0 radical (unpaired) electrons. The van der Waals surface area contributed by atoms with Gasteiger partial charge in [-0.3, -0.25) is 14.5 Å². The highest BCUT2D eigenvalue weighted by Gasteiger charge is 2.52. The number of nitrogens with one attached hydrogen (secondary N) is 1. The minimum Gasteiger partial charge on any atom is -0.341 e. The van der Waals surface area contributed by atoms with Gasteiger partial charge in [0.25, 0.3) is 5.91 Å². The maximum absolute atomic E-state index is 13.4. The summed E-state index contributed by atoms with van der Waals surface area (Å²) in [5, 5.41) is 2.81. The van der Waals surface area contributed by atoms with Crippen LogP contribution >= 0.6 is 0 Å². The molecule has 3 atom stereocenters. The summed E-state index contributed by atoms with van der Waals surface area (Å²) in [6.45, 7) is 7.23. The van der Waals surface area contributed by atoms with Crippen LogP contribution in [0.3, 0.4) is 0 Å². The second-order valence-electron chi connectivity index (χ2n) is 8.58. The van der Waals surface area contributed by atoms with Gasteiger partial charge in [-0.25, -0.2) is 9.18 Å². The number of nitrogens with zero attached hydrogens (tertiary/aromatic N) is 2. The van der Waals surface area contributed by atoms with Crippen LogP contribution in [0.2, 0.25) is 0 Å². The van der Waals surface area contributed by atoms with Gasteiger partial charge in [-0.1, -0.05) is 45.7 Å². The lowest BCUT2D eigenvalue weighted by Crippen LogP contribution is -2.49. The summed E-state index contributed by atoms with van der Waals surface area (Å²) in [6, 6.07) is 5.06. The summed E-state index contributed by atoms with van der Waals surface area (Å²) in [7, 11) is 0. The van der Waals surface area contributed by atoms with E-state index >= 15 is 0 Å². The van der Waals surface area contributed by atoms with Gasteiger partial charge in [0.1, 0.15) is 17.9 Å². The average Bonchev–Trinajstić information content (AvgIpc) is 2.91. The van der Waals surface area contributed by atoms with Crippen molar-refractivity contribution < 1.29 is 18.8 Å². The molecule has 7 heteroatoms. The maximum Gasteiger partial charge on any atom is 0.325 e. The Hall–Kier alpha value is -2.44. The van der Waals surface area contributed by atoms with Crippen LogP contribution in [-0.4, -0.2) is 47.3 Å². The van der Waals surface area contributed by atoms with Crippen LogP contribution in [0, 0.1) is 17.7 Å². The molecule has 4 amide bonds. The molecule has 6 nitrogen and oxygen atoms in total. The average molecular weight is 403 g/mol. The molecule has 2 heterocycles. The van der Waals surface area contributed by atoms with Gasteiger partial charge in [0, 0.05) is 13.1 Å². The third-order valence-corrected chi connectivity index (χ3v) is 5.93. The molecule has 1 aromatic carbocycles. The van der Waals surface area contributed by atoms with Crippen molar-refractivity contribution in [3.05, 3.63) is 35.6 Å². The summed E-state index contributed by atoms with van der Waals surface area (Å²) in [5.74, 6) is -0.259. The minimum absolute atomic E-state index is 0.211. The molecule has 2 aliphatic heterocycles. The monoisotopic (exact) mass is 403 g/mol. The van der Waals surface area contributed by atoms with Gasteiger partial charge >= 0.3 is 6.03 Å². The van der Waals surface area contributed by atoms with E-state index in [1.807, 2.05) is 6.92 Å². The Morgan fingerprint density at radius 3 is 2.38 bits per heavy atom. The third-order valence-electron chi connectivity index (χ3n) is 5.93. The molecule has 0 aliphatic carbocycles. The Bertz CT molecular complexity index is 772. The first-order valence-electron chi connectivity index (χ1n) is 10.4. The minimum atomic E-state index is -1.25. The van der Waals surface area contributed by atoms with E-state index in [1.165, 1.54) is 24.3 Å². The van der Waals surface area contributed by atoms with E-state index in [0.717, 1.165) is 17.7 Å². The number of unbranched alkanes of at least 4 members (excludes halogenated alkanes) is 1. The Morgan fingerprint density at radius 1 is 1.17 bits per heavy atom. The van der Waals surface area contributed by atoms with Crippen LogP contribution in [0.15, 0.2) is 24.3 Å². The van der Waals surface area contributed by atoms with Gasteiger partial charge in [0.2, 0.25) is 5.91 Å². The zero-order chi connectivity index (χ0) is 21.2. The van der Waals surface area contributed by atoms with Gasteiger partial charge in [0.05, 0.1) is 0 Å². The van der Waals surface area contributed by atoms with Gasteiger partial charge in [-0.2, -0.15) is 0 Å².